The van der Waals surface area contributed by atoms with Gasteiger partial charge in [0.05, 0.1) is 12.6 Å². The van der Waals surface area contributed by atoms with Crippen LogP contribution in [0.5, 0.6) is 0 Å². The summed E-state index contributed by atoms with van der Waals surface area (Å²) in [6, 6.07) is 5.74. The summed E-state index contributed by atoms with van der Waals surface area (Å²) in [5, 5.41) is 13.1. The van der Waals surface area contributed by atoms with E-state index in [2.05, 4.69) is 39.1 Å². The first-order valence-electron chi connectivity index (χ1n) is 12.3. The van der Waals surface area contributed by atoms with E-state index < -0.39 is 5.60 Å². The van der Waals surface area contributed by atoms with E-state index >= 15 is 0 Å². The van der Waals surface area contributed by atoms with Crippen molar-refractivity contribution in [3.8, 4) is 0 Å². The third kappa shape index (κ3) is 5.89. The van der Waals surface area contributed by atoms with Crippen LogP contribution in [0.25, 0.3) is 0 Å². The number of piperidine rings is 1. The van der Waals surface area contributed by atoms with Crippen LogP contribution in [0.2, 0.25) is 0 Å². The van der Waals surface area contributed by atoms with Gasteiger partial charge in [-0.1, -0.05) is 33.8 Å². The van der Waals surface area contributed by atoms with Gasteiger partial charge in [0.1, 0.15) is 5.60 Å². The summed E-state index contributed by atoms with van der Waals surface area (Å²) in [7, 11) is 0. The SMILES string of the molecule is CC(C)(C)OC(=O)N1CCC(C(CO)NC(=O)c2ccc3c(c2)C(C)(C)CCC3(C)C)CC1. The second-order valence-corrected chi connectivity index (χ2v) is 12.1. The van der Waals surface area contributed by atoms with E-state index in [1.54, 1.807) is 4.90 Å². The highest BCUT2D eigenvalue weighted by Crippen LogP contribution is 2.45. The lowest BCUT2D eigenvalue weighted by Gasteiger charge is -2.42. The van der Waals surface area contributed by atoms with Crippen LogP contribution in [0.3, 0.4) is 0 Å². The number of carbonyl (C=O) groups excluding carboxylic acids is 2. The topological polar surface area (TPSA) is 78.9 Å². The molecule has 1 unspecified atom stereocenters. The number of carbonyl (C=O) groups is 2. The quantitative estimate of drug-likeness (QED) is 0.681. The van der Waals surface area contributed by atoms with Crippen LogP contribution in [0, 0.1) is 5.92 Å². The number of hydrogen-bond acceptors (Lipinski definition) is 4. The largest absolute Gasteiger partial charge is 0.444 e. The molecule has 1 fully saturated rings. The van der Waals surface area contributed by atoms with Crippen molar-refractivity contribution in [2.75, 3.05) is 19.7 Å². The Kier molecular flexibility index (Phi) is 7.18. The highest BCUT2D eigenvalue weighted by molar-refractivity contribution is 5.94. The minimum absolute atomic E-state index is 0.0337. The number of aliphatic hydroxyl groups is 1. The fourth-order valence-corrected chi connectivity index (χ4v) is 5.11. The fourth-order valence-electron chi connectivity index (χ4n) is 5.11. The molecule has 1 saturated heterocycles. The monoisotopic (exact) mass is 458 g/mol. The zero-order valence-electron chi connectivity index (χ0n) is 21.5. The summed E-state index contributed by atoms with van der Waals surface area (Å²) in [5.41, 5.74) is 2.83. The highest BCUT2D eigenvalue weighted by atomic mass is 16.6. The van der Waals surface area contributed by atoms with Crippen LogP contribution >= 0.6 is 0 Å². The Morgan fingerprint density at radius 1 is 1.09 bits per heavy atom. The predicted molar refractivity (Wildman–Crippen MR) is 131 cm³/mol. The number of ether oxygens (including phenoxy) is 1. The van der Waals surface area contributed by atoms with Gasteiger partial charge in [0.15, 0.2) is 0 Å². The third-order valence-corrected chi connectivity index (χ3v) is 7.39. The molecule has 0 aromatic heterocycles. The molecule has 3 rings (SSSR count). The lowest BCUT2D eigenvalue weighted by atomic mass is 9.63. The number of nitrogens with one attached hydrogen (secondary N) is 1. The van der Waals surface area contributed by atoms with E-state index in [9.17, 15) is 14.7 Å². The Labute approximate surface area is 199 Å². The molecule has 0 spiro atoms. The van der Waals surface area contributed by atoms with Crippen molar-refractivity contribution in [3.63, 3.8) is 0 Å². The minimum atomic E-state index is -0.520. The molecular formula is C27H42N2O4. The van der Waals surface area contributed by atoms with Gasteiger partial charge in [0.2, 0.25) is 0 Å². The molecule has 1 aliphatic heterocycles. The number of hydrogen-bond donors (Lipinski definition) is 2. The molecule has 6 nitrogen and oxygen atoms in total. The lowest BCUT2D eigenvalue weighted by molar-refractivity contribution is 0.0156. The molecule has 33 heavy (non-hydrogen) atoms. The summed E-state index contributed by atoms with van der Waals surface area (Å²) < 4.78 is 5.47. The normalized spacial score (nSPS) is 21.2. The van der Waals surface area contributed by atoms with Gasteiger partial charge < -0.3 is 20.1 Å². The summed E-state index contributed by atoms with van der Waals surface area (Å²) in [4.78, 5) is 27.2. The molecule has 2 amide bonds. The number of amides is 2. The molecule has 1 heterocycles. The van der Waals surface area contributed by atoms with Crippen molar-refractivity contribution >= 4 is 12.0 Å². The first-order valence-corrected chi connectivity index (χ1v) is 12.3. The van der Waals surface area contributed by atoms with Gasteiger partial charge in [-0.05, 0) is 86.5 Å². The summed E-state index contributed by atoms with van der Waals surface area (Å²) in [6.45, 7) is 15.6. The third-order valence-electron chi connectivity index (χ3n) is 7.39. The van der Waals surface area contributed by atoms with Crippen LogP contribution in [0.4, 0.5) is 4.79 Å². The first-order chi connectivity index (χ1) is 15.2. The second-order valence-electron chi connectivity index (χ2n) is 12.1. The molecule has 0 radical (unpaired) electrons. The zero-order chi connectivity index (χ0) is 24.6. The Balaban J connectivity index is 1.66. The molecule has 1 atom stereocenters. The number of benzene rings is 1. The van der Waals surface area contributed by atoms with E-state index in [-0.39, 0.29) is 41.4 Å². The predicted octanol–water partition coefficient (Wildman–Crippen LogP) is 4.77. The van der Waals surface area contributed by atoms with Gasteiger partial charge in [-0.25, -0.2) is 4.79 Å². The van der Waals surface area contributed by atoms with Crippen LogP contribution in [-0.2, 0) is 15.6 Å². The standard InChI is InChI=1S/C27H42N2O4/c1-25(2,3)33-24(32)29-14-10-18(11-15-29)22(17-30)28-23(31)19-8-9-20-21(16-19)27(6,7)13-12-26(20,4)5/h8-9,16,18,22,30H,10-15,17H2,1-7H3,(H,28,31). The molecule has 2 aliphatic rings. The van der Waals surface area contributed by atoms with Crippen LogP contribution in [0.1, 0.15) is 95.6 Å². The molecule has 184 valence electrons. The summed E-state index contributed by atoms with van der Waals surface area (Å²) in [5.74, 6) is -0.0313. The zero-order valence-corrected chi connectivity index (χ0v) is 21.5. The molecule has 6 heteroatoms. The Morgan fingerprint density at radius 3 is 2.21 bits per heavy atom. The number of likely N-dealkylation sites (tertiary alicyclic amines) is 1. The molecule has 1 aromatic carbocycles. The Hall–Kier alpha value is -2.08. The van der Waals surface area contributed by atoms with E-state index in [4.69, 9.17) is 4.74 Å². The number of fused-ring (bicyclic) bond motifs is 1. The average molecular weight is 459 g/mol. The number of nitrogens with zero attached hydrogens (tertiary/aromatic N) is 1. The summed E-state index contributed by atoms with van der Waals surface area (Å²) >= 11 is 0. The van der Waals surface area contributed by atoms with Crippen molar-refractivity contribution in [1.82, 2.24) is 10.2 Å². The smallest absolute Gasteiger partial charge is 0.410 e. The molecule has 0 saturated carbocycles. The number of rotatable bonds is 4. The van der Waals surface area contributed by atoms with Gasteiger partial charge in [-0.3, -0.25) is 4.79 Å². The first kappa shape index (κ1) is 25.5. The van der Waals surface area contributed by atoms with Gasteiger partial charge in [0, 0.05) is 18.7 Å². The van der Waals surface area contributed by atoms with Crippen molar-refractivity contribution in [3.05, 3.63) is 34.9 Å². The van der Waals surface area contributed by atoms with Crippen LogP contribution in [-0.4, -0.2) is 53.3 Å². The molecular weight excluding hydrogens is 416 g/mol. The lowest BCUT2D eigenvalue weighted by Crippen LogP contribution is -2.49. The highest BCUT2D eigenvalue weighted by Gasteiger charge is 2.37. The Morgan fingerprint density at radius 2 is 1.67 bits per heavy atom. The van der Waals surface area contributed by atoms with E-state index in [0.717, 1.165) is 25.7 Å². The molecule has 1 aliphatic carbocycles. The van der Waals surface area contributed by atoms with Gasteiger partial charge in [-0.2, -0.15) is 0 Å². The van der Waals surface area contributed by atoms with Crippen LogP contribution in [0.15, 0.2) is 18.2 Å². The van der Waals surface area contributed by atoms with Crippen molar-refractivity contribution in [2.45, 2.75) is 96.6 Å². The van der Waals surface area contributed by atoms with Crippen molar-refractivity contribution < 1.29 is 19.4 Å². The maximum absolute atomic E-state index is 13.1. The molecule has 0 bridgehead atoms. The fraction of sp³-hybridized carbons (Fsp3) is 0.704. The van der Waals surface area contributed by atoms with Gasteiger partial charge >= 0.3 is 6.09 Å². The van der Waals surface area contributed by atoms with E-state index in [0.29, 0.717) is 18.7 Å². The summed E-state index contributed by atoms with van der Waals surface area (Å²) in [6.07, 6.45) is 3.36. The van der Waals surface area contributed by atoms with Gasteiger partial charge in [-0.15, -0.1) is 0 Å². The average Bonchev–Trinajstić information content (AvgIpc) is 2.74. The van der Waals surface area contributed by atoms with E-state index in [1.807, 2.05) is 32.9 Å². The second kappa shape index (κ2) is 9.28. The maximum Gasteiger partial charge on any atom is 0.410 e. The molecule has 2 N–H and O–H groups in total. The van der Waals surface area contributed by atoms with Gasteiger partial charge in [0.25, 0.3) is 5.91 Å². The Bertz CT molecular complexity index is 877. The maximum atomic E-state index is 13.1. The van der Waals surface area contributed by atoms with Crippen molar-refractivity contribution in [2.24, 2.45) is 5.92 Å². The minimum Gasteiger partial charge on any atom is -0.444 e. The van der Waals surface area contributed by atoms with Crippen LogP contribution < -0.4 is 5.32 Å². The number of aliphatic hydroxyl groups excluding tert-OH is 1. The van der Waals surface area contributed by atoms with Crippen molar-refractivity contribution in [1.29, 1.82) is 0 Å². The molecule has 1 aromatic rings. The van der Waals surface area contributed by atoms with E-state index in [1.165, 1.54) is 11.1 Å².